The lowest BCUT2D eigenvalue weighted by Crippen LogP contribution is -2.49. The summed E-state index contributed by atoms with van der Waals surface area (Å²) in [6.45, 7) is 25.1. The second-order valence-corrected chi connectivity index (χ2v) is 31.5. The lowest BCUT2D eigenvalue weighted by atomic mass is 9.84. The molecule has 0 radical (unpaired) electrons. The van der Waals surface area contributed by atoms with Crippen LogP contribution >= 0.6 is 58.0 Å². The molecule has 0 aliphatic heterocycles. The van der Waals surface area contributed by atoms with Gasteiger partial charge in [-0.3, -0.25) is 14.4 Å². The van der Waals surface area contributed by atoms with Gasteiger partial charge in [0.25, 0.3) is 0 Å². The first kappa shape index (κ1) is 90.3. The summed E-state index contributed by atoms with van der Waals surface area (Å²) in [6.07, 6.45) is 6.82. The van der Waals surface area contributed by atoms with E-state index in [0.717, 1.165) is 68.9 Å². The molecule has 0 aliphatic carbocycles. The van der Waals surface area contributed by atoms with E-state index in [0.29, 0.717) is 63.1 Å². The average molecular weight is 1580 g/mol. The summed E-state index contributed by atoms with van der Waals surface area (Å²) in [5.41, 5.74) is 19.7. The third kappa shape index (κ3) is 32.9. The fourth-order valence-corrected chi connectivity index (χ4v) is 14.0. The molecule has 566 valence electrons. The molecular formula is C81H120IN11O7S3. The van der Waals surface area contributed by atoms with Crippen molar-refractivity contribution in [1.29, 1.82) is 0 Å². The number of hydrogen-bond acceptors (Lipinski definition) is 14. The number of halogens is 1. The molecule has 0 aliphatic rings. The third-order valence-corrected chi connectivity index (χ3v) is 21.2. The normalized spacial score (nSPS) is 13.2. The van der Waals surface area contributed by atoms with Crippen LogP contribution in [0.5, 0.6) is 0 Å². The summed E-state index contributed by atoms with van der Waals surface area (Å²) in [5.74, 6) is -1.15. The lowest BCUT2D eigenvalue weighted by molar-refractivity contribution is -0.140. The van der Waals surface area contributed by atoms with Gasteiger partial charge in [-0.25, -0.2) is 29.3 Å². The first-order chi connectivity index (χ1) is 48.0. The highest BCUT2D eigenvalue weighted by atomic mass is 127. The predicted octanol–water partition coefficient (Wildman–Crippen LogP) is 16.3. The van der Waals surface area contributed by atoms with Crippen molar-refractivity contribution >= 4 is 93.6 Å². The molecule has 3 heterocycles. The zero-order chi connectivity index (χ0) is 74.3. The van der Waals surface area contributed by atoms with E-state index >= 15 is 0 Å². The quantitative estimate of drug-likeness (QED) is 0.0200. The summed E-state index contributed by atoms with van der Waals surface area (Å²) >= 11 is 4.77. The Bertz CT molecular complexity index is 3390. The minimum atomic E-state index is -1.03. The Kier molecular flexibility index (Phi) is 41.0. The molecule has 7 aromatic rings. The third-order valence-electron chi connectivity index (χ3n) is 17.6. The number of amides is 6. The van der Waals surface area contributed by atoms with E-state index in [-0.39, 0.29) is 110 Å². The Morgan fingerprint density at radius 1 is 0.447 bits per heavy atom. The topological polar surface area (TPSA) is 259 Å². The van der Waals surface area contributed by atoms with Crippen molar-refractivity contribution in [1.82, 2.24) is 45.6 Å². The summed E-state index contributed by atoms with van der Waals surface area (Å²) in [5, 5.41) is 27.0. The van der Waals surface area contributed by atoms with Crippen LogP contribution in [0, 0.1) is 29.6 Å². The van der Waals surface area contributed by atoms with Gasteiger partial charge < -0.3 is 47.2 Å². The van der Waals surface area contributed by atoms with Crippen molar-refractivity contribution in [3.8, 4) is 0 Å². The molecule has 18 nitrogen and oxygen atoms in total. The van der Waals surface area contributed by atoms with Gasteiger partial charge in [0.1, 0.15) is 6.04 Å². The Labute approximate surface area is 644 Å². The molecule has 7 atom stereocenters. The maximum absolute atomic E-state index is 14.2. The highest BCUT2D eigenvalue weighted by molar-refractivity contribution is 14.0. The number of carboxylic acid groups (broad SMARTS) is 1. The number of carbonyl (C=O) groups excluding carboxylic acids is 5. The van der Waals surface area contributed by atoms with Crippen LogP contribution in [0.4, 0.5) is 9.59 Å². The lowest BCUT2D eigenvalue weighted by Gasteiger charge is -2.28. The highest BCUT2D eigenvalue weighted by Crippen LogP contribution is 2.27. The van der Waals surface area contributed by atoms with Crippen LogP contribution < -0.4 is 27.4 Å². The maximum Gasteiger partial charge on any atom is 0.326 e. The van der Waals surface area contributed by atoms with Gasteiger partial charge in [0.2, 0.25) is 11.8 Å². The second-order valence-electron chi connectivity index (χ2n) is 28.9. The van der Waals surface area contributed by atoms with Crippen LogP contribution in [-0.4, -0.2) is 122 Å². The Hall–Kier alpha value is -6.96. The Morgan fingerprint density at radius 2 is 0.796 bits per heavy atom. The van der Waals surface area contributed by atoms with Crippen LogP contribution in [-0.2, 0) is 64.5 Å². The molecule has 0 fully saturated rings. The second kappa shape index (κ2) is 46.8. The summed E-state index contributed by atoms with van der Waals surface area (Å²) in [4.78, 5) is 97.0. The van der Waals surface area contributed by atoms with Crippen LogP contribution in [0.3, 0.4) is 0 Å². The number of nitrogens with one attached hydrogen (secondary N) is 3. The van der Waals surface area contributed by atoms with Gasteiger partial charge >= 0.3 is 18.0 Å². The monoisotopic (exact) mass is 1580 g/mol. The van der Waals surface area contributed by atoms with E-state index in [1.807, 2.05) is 92.4 Å². The number of benzene rings is 4. The van der Waals surface area contributed by atoms with Gasteiger partial charge in [-0.2, -0.15) is 0 Å². The number of urea groups is 2. The van der Waals surface area contributed by atoms with Crippen LogP contribution in [0.2, 0.25) is 0 Å². The number of aliphatic carboxylic acids is 1. The standard InChI is InChI=1S/C48H68N6O4S2.C18H24N2.C14H23N3O3S.CH4.HI/c1-31(2)41(26-43(56)53(9)27-39-29-59-46(50-39)33(5)6)45(57)49-38(24-36-19-15-12-16-20-36)22-21-37(23-35-17-13-11-14-18-35)25-42(55)44(32(3)4)52-48(58)54(10)28-40-30-60-47(51-40)34(7)8;19-17(13-15-7-3-1-4-8-15)11-12-18(20)14-16-9-5-2-6-10-16;1-8(2)11(13(18)19)16-14(20)17(5)6-10-7-21-12(15-10)9(3)4;;/h11-20,29-34,37-38,41,44H,21-28H2,1-10H3,(H,49,57)(H,52,58);1-10,17-18H,11-14,19-20H2;7-9,11H,6H2,1-5H3,(H,16,20)(H,18,19);1H4;1H/t37-,38-,41+,44+;17-,18-;11-;;/m110../s1. The van der Waals surface area contributed by atoms with Gasteiger partial charge in [0.15, 0.2) is 5.78 Å². The molecule has 8 N–H and O–H groups in total. The van der Waals surface area contributed by atoms with Gasteiger partial charge in [-0.15, -0.1) is 58.0 Å². The van der Waals surface area contributed by atoms with E-state index in [1.54, 1.807) is 78.8 Å². The summed E-state index contributed by atoms with van der Waals surface area (Å²) in [7, 11) is 5.13. The van der Waals surface area contributed by atoms with Crippen molar-refractivity contribution in [3.05, 3.63) is 192 Å². The Morgan fingerprint density at radius 3 is 1.14 bits per heavy atom. The predicted molar refractivity (Wildman–Crippen MR) is 435 cm³/mol. The van der Waals surface area contributed by atoms with Gasteiger partial charge in [0.05, 0.1) is 57.8 Å². The van der Waals surface area contributed by atoms with E-state index in [9.17, 15) is 28.8 Å². The van der Waals surface area contributed by atoms with Crippen LogP contribution in [0.15, 0.2) is 137 Å². The van der Waals surface area contributed by atoms with Crippen molar-refractivity contribution in [3.63, 3.8) is 0 Å². The number of rotatable bonds is 36. The molecule has 6 amide bonds. The molecule has 0 unspecified atom stereocenters. The number of nitrogens with two attached hydrogens (primary N) is 2. The number of Topliss-reactive ketones (excluding diaryl/α,β-unsaturated/α-hetero) is 1. The van der Waals surface area contributed by atoms with Crippen molar-refractivity contribution in [2.75, 3.05) is 21.1 Å². The van der Waals surface area contributed by atoms with Crippen molar-refractivity contribution < 1.29 is 33.9 Å². The van der Waals surface area contributed by atoms with Crippen molar-refractivity contribution in [2.45, 2.75) is 222 Å². The minimum absolute atomic E-state index is 0. The molecule has 0 spiro atoms. The van der Waals surface area contributed by atoms with E-state index in [4.69, 9.17) is 21.6 Å². The largest absolute Gasteiger partial charge is 0.480 e. The first-order valence-corrected chi connectivity index (χ1v) is 38.4. The fraction of sp³-hybridized carbons (Fsp3) is 0.519. The number of thiazole rings is 3. The first-order valence-electron chi connectivity index (χ1n) is 35.8. The number of ketones is 1. The zero-order valence-corrected chi connectivity index (χ0v) is 67.6. The number of carbonyl (C=O) groups is 6. The molecule has 3 aromatic heterocycles. The molecule has 0 saturated heterocycles. The molecule has 4 aromatic carbocycles. The average Bonchev–Trinajstić information content (AvgIpc) is 1.87. The fourth-order valence-electron chi connectivity index (χ4n) is 11.5. The molecule has 0 bridgehead atoms. The summed E-state index contributed by atoms with van der Waals surface area (Å²) in [6, 6.07) is 39.0. The SMILES string of the molecule is C.CC(C)c1nc(CN(C)C(=O)C[C@H](C(=O)N[C@H](CC[C@@H](CC(=O)[C@@H](NC(=O)N(C)Cc2csc(C(C)C)n2)C(C)C)Cc2ccccc2)Cc2ccccc2)C(C)C)cs1.CC(C)c1nc(CN(C)C(=O)N[C@H](C(=O)O)C(C)C)cs1.I.N[C@H](CC[C@@H](N)Cc1ccccc1)Cc1ccccc1. The highest BCUT2D eigenvalue weighted by Gasteiger charge is 2.32. The number of aromatic nitrogens is 3. The van der Waals surface area contributed by atoms with Crippen molar-refractivity contribution in [2.24, 2.45) is 41.1 Å². The number of carboxylic acids is 1. The smallest absolute Gasteiger partial charge is 0.326 e. The zero-order valence-electron chi connectivity index (χ0n) is 62.8. The van der Waals surface area contributed by atoms with E-state index in [1.165, 1.54) is 16.0 Å². The van der Waals surface area contributed by atoms with Gasteiger partial charge in [-0.1, -0.05) is 212 Å². The van der Waals surface area contributed by atoms with Crippen LogP contribution in [0.25, 0.3) is 0 Å². The van der Waals surface area contributed by atoms with E-state index in [2.05, 4.69) is 140 Å². The van der Waals surface area contributed by atoms with E-state index < -0.39 is 30.0 Å². The summed E-state index contributed by atoms with van der Waals surface area (Å²) < 4.78 is 0. The number of hydrogen-bond donors (Lipinski definition) is 6. The molecular weight excluding hydrogens is 1460 g/mol. The maximum atomic E-state index is 14.2. The molecule has 22 heteroatoms. The molecule has 7 rings (SSSR count). The Balaban J connectivity index is 0.000000518. The molecule has 0 saturated carbocycles. The minimum Gasteiger partial charge on any atom is -0.480 e. The van der Waals surface area contributed by atoms with Crippen LogP contribution in [0.1, 0.15) is 201 Å². The number of nitrogens with zero attached hydrogens (tertiary/aromatic N) is 6. The molecule has 103 heavy (non-hydrogen) atoms. The van der Waals surface area contributed by atoms with Gasteiger partial charge in [0, 0.05) is 91.9 Å². The van der Waals surface area contributed by atoms with Gasteiger partial charge in [-0.05, 0) is 97.3 Å².